The van der Waals surface area contributed by atoms with Gasteiger partial charge in [-0.05, 0) is 48.6 Å². The fourth-order valence-corrected chi connectivity index (χ4v) is 4.78. The van der Waals surface area contributed by atoms with Gasteiger partial charge >= 0.3 is 12.1 Å². The molecular formula is C20H20F3NO6S. The molecule has 0 radical (unpaired) electrons. The topological polar surface area (TPSA) is 102 Å². The Labute approximate surface area is 176 Å². The molecule has 2 aromatic rings. The maximum absolute atomic E-state index is 13.2. The summed E-state index contributed by atoms with van der Waals surface area (Å²) in [5, 5.41) is 8.83. The van der Waals surface area contributed by atoms with Gasteiger partial charge in [-0.1, -0.05) is 12.1 Å². The van der Waals surface area contributed by atoms with Crippen LogP contribution in [0.2, 0.25) is 0 Å². The summed E-state index contributed by atoms with van der Waals surface area (Å²) in [5.74, 6) is -1.04. The fourth-order valence-electron chi connectivity index (χ4n) is 3.48. The SMILES string of the molecule is COc1cc(C(F)(F)F)cc(S(=O)(=O)N[C@@H]2CCCc3c(OCC(=O)O)cccc32)c1. The molecule has 31 heavy (non-hydrogen) atoms. The number of halogens is 3. The number of carbonyl (C=O) groups is 1. The standard InChI is InChI=1S/C20H20F3NO6S/c1-29-13-8-12(20(21,22)23)9-14(10-13)31(27,28)24-17-6-2-5-16-15(17)4-3-7-18(16)30-11-19(25)26/h3-4,7-10,17,24H,2,5-6,11H2,1H3,(H,25,26)/t17-/m1/s1. The molecule has 11 heteroatoms. The third-order valence-corrected chi connectivity index (χ3v) is 6.32. The van der Waals surface area contributed by atoms with Crippen LogP contribution in [0.15, 0.2) is 41.3 Å². The Kier molecular flexibility index (Phi) is 6.46. The molecule has 2 N–H and O–H groups in total. The van der Waals surface area contributed by atoms with E-state index in [9.17, 15) is 26.4 Å². The van der Waals surface area contributed by atoms with Gasteiger partial charge in [0.15, 0.2) is 6.61 Å². The summed E-state index contributed by atoms with van der Waals surface area (Å²) in [5.41, 5.74) is 0.126. The first-order chi connectivity index (χ1) is 14.5. The van der Waals surface area contributed by atoms with Crippen LogP contribution in [0.5, 0.6) is 11.5 Å². The summed E-state index contributed by atoms with van der Waals surface area (Å²) in [7, 11) is -3.17. The highest BCUT2D eigenvalue weighted by atomic mass is 32.2. The van der Waals surface area contributed by atoms with Crippen molar-refractivity contribution >= 4 is 16.0 Å². The molecule has 0 spiro atoms. The van der Waals surface area contributed by atoms with E-state index >= 15 is 0 Å². The normalized spacial score (nSPS) is 16.5. The second-order valence-corrected chi connectivity index (χ2v) is 8.68. The van der Waals surface area contributed by atoms with E-state index < -0.39 is 45.3 Å². The van der Waals surface area contributed by atoms with E-state index in [0.29, 0.717) is 42.2 Å². The minimum atomic E-state index is -4.74. The van der Waals surface area contributed by atoms with Gasteiger partial charge in [0.05, 0.1) is 17.6 Å². The molecule has 1 atom stereocenters. The molecule has 0 bridgehead atoms. The first-order valence-corrected chi connectivity index (χ1v) is 10.7. The highest BCUT2D eigenvalue weighted by molar-refractivity contribution is 7.89. The number of hydrogen-bond acceptors (Lipinski definition) is 5. The van der Waals surface area contributed by atoms with E-state index in [-0.39, 0.29) is 5.75 Å². The summed E-state index contributed by atoms with van der Waals surface area (Å²) in [4.78, 5) is 10.2. The Morgan fingerprint density at radius 2 is 2.00 bits per heavy atom. The van der Waals surface area contributed by atoms with Gasteiger partial charge in [-0.3, -0.25) is 0 Å². The zero-order valence-electron chi connectivity index (χ0n) is 16.4. The molecule has 0 amide bonds. The maximum Gasteiger partial charge on any atom is 0.416 e. The number of methoxy groups -OCH3 is 1. The Morgan fingerprint density at radius 1 is 1.26 bits per heavy atom. The number of carboxylic acids is 1. The molecule has 168 valence electrons. The zero-order valence-corrected chi connectivity index (χ0v) is 17.2. The molecule has 1 aliphatic carbocycles. The molecule has 2 aromatic carbocycles. The lowest BCUT2D eigenvalue weighted by Crippen LogP contribution is -2.31. The minimum Gasteiger partial charge on any atom is -0.497 e. The lowest BCUT2D eigenvalue weighted by atomic mass is 9.87. The molecule has 3 rings (SSSR count). The second kappa shape index (κ2) is 8.75. The Bertz CT molecular complexity index is 1080. The maximum atomic E-state index is 13.2. The number of alkyl halides is 3. The van der Waals surface area contributed by atoms with Gasteiger partial charge in [-0.2, -0.15) is 13.2 Å². The quantitative estimate of drug-likeness (QED) is 0.657. The average Bonchev–Trinajstić information content (AvgIpc) is 2.71. The Morgan fingerprint density at radius 3 is 2.65 bits per heavy atom. The lowest BCUT2D eigenvalue weighted by molar-refractivity contribution is -0.139. The highest BCUT2D eigenvalue weighted by Crippen LogP contribution is 2.37. The molecule has 0 aromatic heterocycles. The number of rotatable bonds is 7. The Balaban J connectivity index is 1.94. The summed E-state index contributed by atoms with van der Waals surface area (Å²) >= 11 is 0. The van der Waals surface area contributed by atoms with E-state index in [0.717, 1.165) is 19.2 Å². The average molecular weight is 459 g/mol. The monoisotopic (exact) mass is 459 g/mol. The number of hydrogen-bond donors (Lipinski definition) is 2. The van der Waals surface area contributed by atoms with Crippen LogP contribution >= 0.6 is 0 Å². The Hall–Kier alpha value is -2.79. The summed E-state index contributed by atoms with van der Waals surface area (Å²) in [6.07, 6.45) is -3.18. The van der Waals surface area contributed by atoms with Crippen LogP contribution in [0.1, 0.15) is 35.6 Å². The van der Waals surface area contributed by atoms with Crippen molar-refractivity contribution in [2.45, 2.75) is 36.4 Å². The number of ether oxygens (including phenoxy) is 2. The van der Waals surface area contributed by atoms with Crippen molar-refractivity contribution in [2.24, 2.45) is 0 Å². The van der Waals surface area contributed by atoms with Gasteiger partial charge < -0.3 is 14.6 Å². The third kappa shape index (κ3) is 5.28. The van der Waals surface area contributed by atoms with Crippen molar-refractivity contribution in [3.63, 3.8) is 0 Å². The largest absolute Gasteiger partial charge is 0.497 e. The van der Waals surface area contributed by atoms with Crippen molar-refractivity contribution in [2.75, 3.05) is 13.7 Å². The first kappa shape index (κ1) is 22.9. The lowest BCUT2D eigenvalue weighted by Gasteiger charge is -2.27. The minimum absolute atomic E-state index is 0.233. The summed E-state index contributed by atoms with van der Waals surface area (Å²) in [6, 6.07) is 6.48. The van der Waals surface area contributed by atoms with Crippen LogP contribution in [0.4, 0.5) is 13.2 Å². The van der Waals surface area contributed by atoms with E-state index in [4.69, 9.17) is 14.6 Å². The van der Waals surface area contributed by atoms with Crippen LogP contribution in [0, 0.1) is 0 Å². The van der Waals surface area contributed by atoms with Crippen molar-refractivity contribution in [1.82, 2.24) is 4.72 Å². The smallest absolute Gasteiger partial charge is 0.416 e. The van der Waals surface area contributed by atoms with E-state index in [1.165, 1.54) is 0 Å². The molecule has 7 nitrogen and oxygen atoms in total. The number of fused-ring (bicyclic) bond motifs is 1. The van der Waals surface area contributed by atoms with E-state index in [1.807, 2.05) is 0 Å². The molecule has 1 aliphatic rings. The first-order valence-electron chi connectivity index (χ1n) is 9.26. The number of nitrogens with one attached hydrogen (secondary N) is 1. The van der Waals surface area contributed by atoms with Crippen LogP contribution in [0.25, 0.3) is 0 Å². The van der Waals surface area contributed by atoms with Gasteiger partial charge in [-0.25, -0.2) is 17.9 Å². The zero-order chi connectivity index (χ0) is 22.8. The molecule has 0 fully saturated rings. The molecule has 0 unspecified atom stereocenters. The van der Waals surface area contributed by atoms with Gasteiger partial charge in [0.25, 0.3) is 0 Å². The molecule has 0 aliphatic heterocycles. The number of aliphatic carboxylic acids is 1. The molecular weight excluding hydrogens is 439 g/mol. The molecule has 0 heterocycles. The van der Waals surface area contributed by atoms with Gasteiger partial charge in [-0.15, -0.1) is 0 Å². The van der Waals surface area contributed by atoms with Gasteiger partial charge in [0, 0.05) is 12.1 Å². The molecule has 0 saturated heterocycles. The van der Waals surface area contributed by atoms with E-state index in [1.54, 1.807) is 18.2 Å². The number of carboxylic acid groups (broad SMARTS) is 1. The van der Waals surface area contributed by atoms with Gasteiger partial charge in [0.1, 0.15) is 11.5 Å². The number of benzene rings is 2. The second-order valence-electron chi connectivity index (χ2n) is 6.97. The van der Waals surface area contributed by atoms with Crippen molar-refractivity contribution in [3.8, 4) is 11.5 Å². The van der Waals surface area contributed by atoms with Crippen LogP contribution in [-0.2, 0) is 27.4 Å². The van der Waals surface area contributed by atoms with Crippen LogP contribution in [0.3, 0.4) is 0 Å². The van der Waals surface area contributed by atoms with E-state index in [2.05, 4.69) is 4.72 Å². The number of sulfonamides is 1. The van der Waals surface area contributed by atoms with Crippen molar-refractivity contribution in [1.29, 1.82) is 0 Å². The predicted octanol–water partition coefficient (Wildman–Crippen LogP) is 3.53. The molecule has 0 saturated carbocycles. The predicted molar refractivity (Wildman–Crippen MR) is 104 cm³/mol. The summed E-state index contributed by atoms with van der Waals surface area (Å²) < 4.78 is 78.0. The van der Waals surface area contributed by atoms with Gasteiger partial charge in [0.2, 0.25) is 10.0 Å². The van der Waals surface area contributed by atoms with Crippen LogP contribution < -0.4 is 14.2 Å². The highest BCUT2D eigenvalue weighted by Gasteiger charge is 2.34. The third-order valence-electron chi connectivity index (χ3n) is 4.87. The van der Waals surface area contributed by atoms with Crippen molar-refractivity contribution in [3.05, 3.63) is 53.1 Å². The van der Waals surface area contributed by atoms with Crippen molar-refractivity contribution < 1.29 is 41.0 Å². The fraction of sp³-hybridized carbons (Fsp3) is 0.350. The van der Waals surface area contributed by atoms with Crippen LogP contribution in [-0.4, -0.2) is 33.2 Å². The summed E-state index contributed by atoms with van der Waals surface area (Å²) in [6.45, 7) is -0.545.